The number of rotatable bonds is 3. The Morgan fingerprint density at radius 2 is 2.23 bits per heavy atom. The van der Waals surface area contributed by atoms with E-state index in [9.17, 15) is 9.18 Å². The number of carboxylic acid groups (broad SMARTS) is 1. The van der Waals surface area contributed by atoms with Crippen molar-refractivity contribution in [2.24, 2.45) is 0 Å². The highest BCUT2D eigenvalue weighted by atomic mass is 79.9. The number of hydrogen-bond acceptors (Lipinski definition) is 1. The van der Waals surface area contributed by atoms with Crippen molar-refractivity contribution in [1.29, 1.82) is 0 Å². The van der Waals surface area contributed by atoms with E-state index in [0.29, 0.717) is 16.5 Å². The first kappa shape index (κ1) is 10.2. The van der Waals surface area contributed by atoms with Crippen LogP contribution in [0.25, 0.3) is 0 Å². The highest BCUT2D eigenvalue weighted by Crippen LogP contribution is 2.17. The molecule has 1 aromatic carbocycles. The quantitative estimate of drug-likeness (QED) is 0.891. The third kappa shape index (κ3) is 3.14. The third-order valence-corrected chi connectivity index (χ3v) is 2.25. The van der Waals surface area contributed by atoms with E-state index in [4.69, 9.17) is 5.11 Å². The Labute approximate surface area is 83.5 Å². The molecule has 1 rings (SSSR count). The van der Waals surface area contributed by atoms with Crippen molar-refractivity contribution in [3.8, 4) is 0 Å². The van der Waals surface area contributed by atoms with Gasteiger partial charge in [0.2, 0.25) is 0 Å². The van der Waals surface area contributed by atoms with Gasteiger partial charge in [-0.2, -0.15) is 0 Å². The van der Waals surface area contributed by atoms with Crippen LogP contribution < -0.4 is 0 Å². The van der Waals surface area contributed by atoms with Crippen molar-refractivity contribution in [2.75, 3.05) is 0 Å². The predicted molar refractivity (Wildman–Crippen MR) is 50.1 cm³/mol. The largest absolute Gasteiger partial charge is 0.481 e. The predicted octanol–water partition coefficient (Wildman–Crippen LogP) is 2.61. The van der Waals surface area contributed by atoms with E-state index < -0.39 is 5.97 Å². The van der Waals surface area contributed by atoms with Gasteiger partial charge in [-0.05, 0) is 40.0 Å². The van der Waals surface area contributed by atoms with Crippen LogP contribution in [0.15, 0.2) is 22.7 Å². The maximum absolute atomic E-state index is 12.9. The standard InChI is InChI=1S/C9H8BrFO2/c10-7-3-1-6(5-8(7)11)2-4-9(12)13/h1,3,5H,2,4H2,(H,12,13). The minimum Gasteiger partial charge on any atom is -0.481 e. The number of carboxylic acids is 1. The van der Waals surface area contributed by atoms with Crippen LogP contribution in [0, 0.1) is 5.82 Å². The molecule has 70 valence electrons. The van der Waals surface area contributed by atoms with E-state index in [1.165, 1.54) is 6.07 Å². The SMILES string of the molecule is O=C(O)CCc1ccc(Br)c(F)c1. The fourth-order valence-electron chi connectivity index (χ4n) is 0.946. The molecule has 1 aromatic rings. The normalized spacial score (nSPS) is 10.0. The fourth-order valence-corrected chi connectivity index (χ4v) is 1.19. The molecule has 2 nitrogen and oxygen atoms in total. The van der Waals surface area contributed by atoms with Gasteiger partial charge in [0.05, 0.1) is 4.47 Å². The molecule has 1 N–H and O–H groups in total. The molecule has 0 fully saturated rings. The van der Waals surface area contributed by atoms with Gasteiger partial charge in [0.25, 0.3) is 0 Å². The molecule has 0 spiro atoms. The Balaban J connectivity index is 2.68. The molecule has 0 aliphatic carbocycles. The van der Waals surface area contributed by atoms with Crippen LogP contribution in [0.1, 0.15) is 12.0 Å². The summed E-state index contributed by atoms with van der Waals surface area (Å²) in [6.07, 6.45) is 0.389. The molecule has 0 unspecified atom stereocenters. The van der Waals surface area contributed by atoms with E-state index in [1.54, 1.807) is 12.1 Å². The highest BCUT2D eigenvalue weighted by Gasteiger charge is 2.02. The molecular weight excluding hydrogens is 239 g/mol. The van der Waals surface area contributed by atoms with Crippen molar-refractivity contribution in [3.05, 3.63) is 34.1 Å². The zero-order valence-corrected chi connectivity index (χ0v) is 8.34. The van der Waals surface area contributed by atoms with Crippen LogP contribution in [0.5, 0.6) is 0 Å². The average molecular weight is 247 g/mol. The summed E-state index contributed by atoms with van der Waals surface area (Å²) in [6, 6.07) is 4.62. The third-order valence-electron chi connectivity index (χ3n) is 1.61. The molecule has 0 saturated carbocycles. The zero-order valence-electron chi connectivity index (χ0n) is 6.76. The molecular formula is C9H8BrFO2. The lowest BCUT2D eigenvalue weighted by atomic mass is 10.1. The molecule has 0 aromatic heterocycles. The van der Waals surface area contributed by atoms with Gasteiger partial charge >= 0.3 is 5.97 Å². The van der Waals surface area contributed by atoms with Crippen LogP contribution in [0.2, 0.25) is 0 Å². The summed E-state index contributed by atoms with van der Waals surface area (Å²) in [5.74, 6) is -1.23. The van der Waals surface area contributed by atoms with Gasteiger partial charge < -0.3 is 5.11 Å². The molecule has 0 heterocycles. The summed E-state index contributed by atoms with van der Waals surface area (Å²) in [4.78, 5) is 10.2. The molecule has 0 atom stereocenters. The Morgan fingerprint density at radius 1 is 1.54 bits per heavy atom. The number of benzene rings is 1. The second-order valence-corrected chi connectivity index (χ2v) is 3.50. The van der Waals surface area contributed by atoms with Crippen molar-refractivity contribution < 1.29 is 14.3 Å². The maximum atomic E-state index is 12.9. The van der Waals surface area contributed by atoms with Crippen LogP contribution >= 0.6 is 15.9 Å². The Bertz CT molecular complexity index is 325. The lowest BCUT2D eigenvalue weighted by Crippen LogP contribution is -1.97. The van der Waals surface area contributed by atoms with Gasteiger partial charge in [-0.1, -0.05) is 6.07 Å². The number of aliphatic carboxylic acids is 1. The molecule has 0 bridgehead atoms. The maximum Gasteiger partial charge on any atom is 0.303 e. The van der Waals surface area contributed by atoms with Crippen LogP contribution in [-0.2, 0) is 11.2 Å². The number of aryl methyl sites for hydroxylation is 1. The van der Waals surface area contributed by atoms with Gasteiger partial charge in [-0.3, -0.25) is 4.79 Å². The van der Waals surface area contributed by atoms with Crippen LogP contribution in [-0.4, -0.2) is 11.1 Å². The monoisotopic (exact) mass is 246 g/mol. The Morgan fingerprint density at radius 3 is 2.77 bits per heavy atom. The first-order valence-electron chi connectivity index (χ1n) is 3.75. The Hall–Kier alpha value is -0.900. The molecule has 0 aliphatic rings. The second kappa shape index (κ2) is 4.37. The molecule has 13 heavy (non-hydrogen) atoms. The van der Waals surface area contributed by atoms with Gasteiger partial charge in [0.1, 0.15) is 5.82 Å². The number of halogens is 2. The van der Waals surface area contributed by atoms with E-state index in [1.807, 2.05) is 0 Å². The summed E-state index contributed by atoms with van der Waals surface area (Å²) in [5.41, 5.74) is 0.697. The summed E-state index contributed by atoms with van der Waals surface area (Å²) in [5, 5.41) is 8.40. The average Bonchev–Trinajstić information content (AvgIpc) is 2.07. The van der Waals surface area contributed by atoms with Crippen molar-refractivity contribution in [3.63, 3.8) is 0 Å². The summed E-state index contributed by atoms with van der Waals surface area (Å²) in [7, 11) is 0. The summed E-state index contributed by atoms with van der Waals surface area (Å²) >= 11 is 3.02. The summed E-state index contributed by atoms with van der Waals surface area (Å²) < 4.78 is 13.3. The van der Waals surface area contributed by atoms with E-state index >= 15 is 0 Å². The Kier molecular flexibility index (Phi) is 3.42. The van der Waals surface area contributed by atoms with Crippen molar-refractivity contribution >= 4 is 21.9 Å². The second-order valence-electron chi connectivity index (χ2n) is 2.64. The van der Waals surface area contributed by atoms with Gasteiger partial charge in [0.15, 0.2) is 0 Å². The molecule has 4 heteroatoms. The van der Waals surface area contributed by atoms with E-state index in [-0.39, 0.29) is 12.2 Å². The minimum absolute atomic E-state index is 0.0288. The summed E-state index contributed by atoms with van der Waals surface area (Å²) in [6.45, 7) is 0. The number of carbonyl (C=O) groups is 1. The number of hydrogen-bond donors (Lipinski definition) is 1. The zero-order chi connectivity index (χ0) is 9.84. The topological polar surface area (TPSA) is 37.3 Å². The van der Waals surface area contributed by atoms with Gasteiger partial charge in [0, 0.05) is 6.42 Å². The molecule has 0 radical (unpaired) electrons. The van der Waals surface area contributed by atoms with Crippen molar-refractivity contribution in [1.82, 2.24) is 0 Å². The molecule has 0 amide bonds. The van der Waals surface area contributed by atoms with Crippen molar-refractivity contribution in [2.45, 2.75) is 12.8 Å². The smallest absolute Gasteiger partial charge is 0.303 e. The minimum atomic E-state index is -0.872. The molecule has 0 saturated heterocycles. The fraction of sp³-hybridized carbons (Fsp3) is 0.222. The lowest BCUT2D eigenvalue weighted by molar-refractivity contribution is -0.136. The first-order chi connectivity index (χ1) is 6.09. The lowest BCUT2D eigenvalue weighted by Gasteiger charge is -1.99. The first-order valence-corrected chi connectivity index (χ1v) is 4.54. The van der Waals surface area contributed by atoms with Gasteiger partial charge in [-0.15, -0.1) is 0 Å². The van der Waals surface area contributed by atoms with E-state index in [0.717, 1.165) is 0 Å². The van der Waals surface area contributed by atoms with Crippen LogP contribution in [0.3, 0.4) is 0 Å². The highest BCUT2D eigenvalue weighted by molar-refractivity contribution is 9.10. The van der Waals surface area contributed by atoms with Crippen LogP contribution in [0.4, 0.5) is 4.39 Å². The van der Waals surface area contributed by atoms with Gasteiger partial charge in [-0.25, -0.2) is 4.39 Å². The molecule has 0 aliphatic heterocycles. The van der Waals surface area contributed by atoms with E-state index in [2.05, 4.69) is 15.9 Å².